The largest absolute Gasteiger partial charge is 0.389 e. The van der Waals surface area contributed by atoms with Gasteiger partial charge >= 0.3 is 0 Å². The Morgan fingerprint density at radius 2 is 1.93 bits per heavy atom. The zero-order valence-electron chi connectivity index (χ0n) is 9.29. The average molecular weight is 222 g/mol. The third kappa shape index (κ3) is 4.30. The molecular formula is C12H18N2S. The fourth-order valence-corrected chi connectivity index (χ4v) is 1.39. The fraction of sp³-hybridized carbons (Fsp3) is 0.417. The molecule has 3 heteroatoms. The van der Waals surface area contributed by atoms with Gasteiger partial charge < -0.3 is 11.1 Å². The van der Waals surface area contributed by atoms with Crippen molar-refractivity contribution in [2.75, 3.05) is 11.9 Å². The molecule has 0 aliphatic heterocycles. The first-order valence-corrected chi connectivity index (χ1v) is 5.64. The lowest BCUT2D eigenvalue weighted by Crippen LogP contribution is -2.09. The number of rotatable bonds is 5. The molecular weight excluding hydrogens is 204 g/mol. The van der Waals surface area contributed by atoms with Crippen molar-refractivity contribution in [3.63, 3.8) is 0 Å². The highest BCUT2D eigenvalue weighted by atomic mass is 32.1. The molecule has 1 rings (SSSR count). The first kappa shape index (κ1) is 12.0. The van der Waals surface area contributed by atoms with Crippen molar-refractivity contribution >= 4 is 22.9 Å². The SMILES string of the molecule is CC(C)CCNc1ccc(C(N)=S)cc1. The van der Waals surface area contributed by atoms with Gasteiger partial charge in [0.2, 0.25) is 0 Å². The molecule has 2 nitrogen and oxygen atoms in total. The van der Waals surface area contributed by atoms with Crippen LogP contribution in [0, 0.1) is 5.92 Å². The van der Waals surface area contributed by atoms with E-state index in [-0.39, 0.29) is 0 Å². The van der Waals surface area contributed by atoms with E-state index in [0.29, 0.717) is 4.99 Å². The fourth-order valence-electron chi connectivity index (χ4n) is 1.26. The Balaban J connectivity index is 2.46. The normalized spacial score (nSPS) is 10.3. The molecule has 15 heavy (non-hydrogen) atoms. The van der Waals surface area contributed by atoms with Gasteiger partial charge in [0.05, 0.1) is 0 Å². The van der Waals surface area contributed by atoms with Gasteiger partial charge in [-0.25, -0.2) is 0 Å². The Morgan fingerprint density at radius 3 is 2.40 bits per heavy atom. The van der Waals surface area contributed by atoms with Gasteiger partial charge in [0, 0.05) is 17.8 Å². The van der Waals surface area contributed by atoms with Crippen LogP contribution in [-0.4, -0.2) is 11.5 Å². The van der Waals surface area contributed by atoms with Gasteiger partial charge in [-0.2, -0.15) is 0 Å². The predicted molar refractivity (Wildman–Crippen MR) is 70.3 cm³/mol. The molecule has 0 aromatic heterocycles. The van der Waals surface area contributed by atoms with E-state index in [4.69, 9.17) is 18.0 Å². The van der Waals surface area contributed by atoms with Crippen molar-refractivity contribution in [2.24, 2.45) is 11.7 Å². The maximum Gasteiger partial charge on any atom is 0.103 e. The molecule has 1 aromatic rings. The minimum absolute atomic E-state index is 0.448. The third-order valence-electron chi connectivity index (χ3n) is 2.22. The van der Waals surface area contributed by atoms with Gasteiger partial charge in [-0.15, -0.1) is 0 Å². The molecule has 0 aliphatic carbocycles. The van der Waals surface area contributed by atoms with Gasteiger partial charge in [-0.1, -0.05) is 26.1 Å². The zero-order valence-corrected chi connectivity index (χ0v) is 10.1. The average Bonchev–Trinajstić information content (AvgIpc) is 2.18. The van der Waals surface area contributed by atoms with Crippen LogP contribution in [0.4, 0.5) is 5.69 Å². The Labute approximate surface area is 96.9 Å². The molecule has 3 N–H and O–H groups in total. The number of nitrogens with two attached hydrogens (primary N) is 1. The van der Waals surface area contributed by atoms with Crippen molar-refractivity contribution < 1.29 is 0 Å². The van der Waals surface area contributed by atoms with Gasteiger partial charge in [0.25, 0.3) is 0 Å². The van der Waals surface area contributed by atoms with E-state index in [1.165, 1.54) is 6.42 Å². The van der Waals surface area contributed by atoms with Crippen LogP contribution in [0.5, 0.6) is 0 Å². The Hall–Kier alpha value is -1.09. The minimum atomic E-state index is 0.448. The van der Waals surface area contributed by atoms with Crippen LogP contribution >= 0.6 is 12.2 Å². The summed E-state index contributed by atoms with van der Waals surface area (Å²) in [5.74, 6) is 0.730. The summed E-state index contributed by atoms with van der Waals surface area (Å²) in [6, 6.07) is 7.91. The number of nitrogens with one attached hydrogen (secondary N) is 1. The lowest BCUT2D eigenvalue weighted by atomic mass is 10.1. The summed E-state index contributed by atoms with van der Waals surface area (Å²) in [4.78, 5) is 0.448. The summed E-state index contributed by atoms with van der Waals surface area (Å²) in [5, 5.41) is 3.36. The van der Waals surface area contributed by atoms with Gasteiger partial charge in [-0.3, -0.25) is 0 Å². The van der Waals surface area contributed by atoms with Crippen LogP contribution in [0.15, 0.2) is 24.3 Å². The van der Waals surface area contributed by atoms with Crippen LogP contribution in [0.3, 0.4) is 0 Å². The van der Waals surface area contributed by atoms with E-state index in [1.807, 2.05) is 24.3 Å². The molecule has 0 aliphatic rings. The highest BCUT2D eigenvalue weighted by molar-refractivity contribution is 7.80. The summed E-state index contributed by atoms with van der Waals surface area (Å²) < 4.78 is 0. The molecule has 0 saturated heterocycles. The second kappa shape index (κ2) is 5.71. The van der Waals surface area contributed by atoms with E-state index >= 15 is 0 Å². The van der Waals surface area contributed by atoms with Crippen LogP contribution in [0.1, 0.15) is 25.8 Å². The van der Waals surface area contributed by atoms with Crippen LogP contribution in [0.25, 0.3) is 0 Å². The summed E-state index contributed by atoms with van der Waals surface area (Å²) in [6.07, 6.45) is 1.18. The van der Waals surface area contributed by atoms with Crippen molar-refractivity contribution in [2.45, 2.75) is 20.3 Å². The molecule has 1 aromatic carbocycles. The molecule has 0 heterocycles. The second-order valence-electron chi connectivity index (χ2n) is 4.05. The van der Waals surface area contributed by atoms with E-state index < -0.39 is 0 Å². The number of thiocarbonyl (C=S) groups is 1. The molecule has 0 saturated carbocycles. The monoisotopic (exact) mass is 222 g/mol. The second-order valence-corrected chi connectivity index (χ2v) is 4.49. The maximum atomic E-state index is 5.51. The quantitative estimate of drug-likeness (QED) is 0.752. The van der Waals surface area contributed by atoms with E-state index in [0.717, 1.165) is 23.7 Å². The number of hydrogen-bond acceptors (Lipinski definition) is 2. The Morgan fingerprint density at radius 1 is 1.33 bits per heavy atom. The van der Waals surface area contributed by atoms with Crippen molar-refractivity contribution in [3.05, 3.63) is 29.8 Å². The molecule has 0 unspecified atom stereocenters. The van der Waals surface area contributed by atoms with Crippen LogP contribution < -0.4 is 11.1 Å². The molecule has 0 bridgehead atoms. The van der Waals surface area contributed by atoms with Crippen molar-refractivity contribution in [1.82, 2.24) is 0 Å². The zero-order chi connectivity index (χ0) is 11.3. The Bertz CT molecular complexity index is 317. The summed E-state index contributed by atoms with van der Waals surface area (Å²) in [5.41, 5.74) is 7.55. The smallest absolute Gasteiger partial charge is 0.103 e. The topological polar surface area (TPSA) is 38.0 Å². The summed E-state index contributed by atoms with van der Waals surface area (Å²) in [6.45, 7) is 5.44. The maximum absolute atomic E-state index is 5.51. The standard InChI is InChI=1S/C12H18N2S/c1-9(2)7-8-14-11-5-3-10(4-6-11)12(13)15/h3-6,9,14H,7-8H2,1-2H3,(H2,13,15). The minimum Gasteiger partial charge on any atom is -0.389 e. The van der Waals surface area contributed by atoms with Gasteiger partial charge in [-0.05, 0) is 36.6 Å². The van der Waals surface area contributed by atoms with Crippen LogP contribution in [0.2, 0.25) is 0 Å². The first-order chi connectivity index (χ1) is 7.09. The van der Waals surface area contributed by atoms with E-state index in [9.17, 15) is 0 Å². The molecule has 0 spiro atoms. The van der Waals surface area contributed by atoms with E-state index in [1.54, 1.807) is 0 Å². The van der Waals surface area contributed by atoms with Gasteiger partial charge in [0.1, 0.15) is 4.99 Å². The third-order valence-corrected chi connectivity index (χ3v) is 2.46. The molecule has 0 amide bonds. The molecule has 0 radical (unpaired) electrons. The van der Waals surface area contributed by atoms with Crippen LogP contribution in [-0.2, 0) is 0 Å². The summed E-state index contributed by atoms with van der Waals surface area (Å²) in [7, 11) is 0. The van der Waals surface area contributed by atoms with Gasteiger partial charge in [0.15, 0.2) is 0 Å². The highest BCUT2D eigenvalue weighted by Gasteiger charge is 1.97. The first-order valence-electron chi connectivity index (χ1n) is 5.23. The lowest BCUT2D eigenvalue weighted by Gasteiger charge is -2.08. The number of benzene rings is 1. The lowest BCUT2D eigenvalue weighted by molar-refractivity contribution is 0.607. The molecule has 0 fully saturated rings. The van der Waals surface area contributed by atoms with E-state index in [2.05, 4.69) is 19.2 Å². The predicted octanol–water partition coefficient (Wildman–Crippen LogP) is 2.78. The molecule has 82 valence electrons. The summed E-state index contributed by atoms with van der Waals surface area (Å²) >= 11 is 4.88. The number of anilines is 1. The van der Waals surface area contributed by atoms with Crippen molar-refractivity contribution in [3.8, 4) is 0 Å². The highest BCUT2D eigenvalue weighted by Crippen LogP contribution is 2.10. The number of hydrogen-bond donors (Lipinski definition) is 2. The van der Waals surface area contributed by atoms with Crippen molar-refractivity contribution in [1.29, 1.82) is 0 Å². The Kier molecular flexibility index (Phi) is 4.56. The molecule has 0 atom stereocenters.